The fourth-order valence-corrected chi connectivity index (χ4v) is 8.25. The second-order valence-corrected chi connectivity index (χ2v) is 9.66. The van der Waals surface area contributed by atoms with Crippen LogP contribution in [0.3, 0.4) is 0 Å². The van der Waals surface area contributed by atoms with E-state index in [4.69, 9.17) is 0 Å². The van der Waals surface area contributed by atoms with E-state index in [1.54, 1.807) is 0 Å². The van der Waals surface area contributed by atoms with Crippen LogP contribution in [-0.4, -0.2) is 0 Å². The standard InChI is InChI=1S/C22H42/c1-11-17-20(8,13-3)19(7,12-2)15(5)18-16(6)22(17,10)21(18,9)14-4/h15-18H,11-14H2,1-10H3/t15-,16+,17-,18+,19+,20?,21+,22+/m0/s1. The molecule has 0 aromatic heterocycles. The molecule has 2 bridgehead atoms. The van der Waals surface area contributed by atoms with Gasteiger partial charge in [-0.15, -0.1) is 0 Å². The summed E-state index contributed by atoms with van der Waals surface area (Å²) in [5.74, 6) is 3.44. The fourth-order valence-electron chi connectivity index (χ4n) is 8.25. The summed E-state index contributed by atoms with van der Waals surface area (Å²) in [7, 11) is 0. The van der Waals surface area contributed by atoms with Crippen molar-refractivity contribution in [3.63, 3.8) is 0 Å². The molecule has 1 unspecified atom stereocenters. The summed E-state index contributed by atoms with van der Waals surface area (Å²) in [6.45, 7) is 25.6. The van der Waals surface area contributed by atoms with Gasteiger partial charge >= 0.3 is 0 Å². The van der Waals surface area contributed by atoms with Crippen molar-refractivity contribution < 1.29 is 0 Å². The zero-order chi connectivity index (χ0) is 17.1. The Labute approximate surface area is 140 Å². The van der Waals surface area contributed by atoms with E-state index in [0.717, 1.165) is 23.7 Å². The van der Waals surface area contributed by atoms with E-state index in [1.165, 1.54) is 25.7 Å². The van der Waals surface area contributed by atoms with E-state index in [2.05, 4.69) is 69.2 Å². The van der Waals surface area contributed by atoms with Gasteiger partial charge < -0.3 is 0 Å². The highest BCUT2D eigenvalue weighted by Gasteiger charge is 2.75. The van der Waals surface area contributed by atoms with Crippen LogP contribution in [-0.2, 0) is 0 Å². The monoisotopic (exact) mass is 306 g/mol. The SMILES string of the molecule is CC[C@H]1C(C)(CC)[C@](C)(CC)[C@@H](C)[C@@H]2[C@@H](C)[C@@]1(C)[C@]2(C)CC. The van der Waals surface area contributed by atoms with Crippen LogP contribution in [0, 0.1) is 45.3 Å². The smallest absolute Gasteiger partial charge is 0.0207 e. The van der Waals surface area contributed by atoms with Crippen LogP contribution in [0.5, 0.6) is 0 Å². The van der Waals surface area contributed by atoms with Crippen LogP contribution < -0.4 is 0 Å². The summed E-state index contributed by atoms with van der Waals surface area (Å²) in [4.78, 5) is 0. The first kappa shape index (κ1) is 18.3. The molecule has 0 N–H and O–H groups in total. The number of rotatable bonds is 4. The molecule has 0 aromatic rings. The van der Waals surface area contributed by atoms with Crippen molar-refractivity contribution in [2.75, 3.05) is 0 Å². The molecule has 0 spiro atoms. The van der Waals surface area contributed by atoms with Crippen LogP contribution >= 0.6 is 0 Å². The number of fused-ring (bicyclic) bond motifs is 3. The Kier molecular flexibility index (Phi) is 4.38. The van der Waals surface area contributed by atoms with Gasteiger partial charge in [0.2, 0.25) is 0 Å². The van der Waals surface area contributed by atoms with E-state index >= 15 is 0 Å². The lowest BCUT2D eigenvalue weighted by atomic mass is 9.34. The first-order valence-electron chi connectivity index (χ1n) is 10.1. The average Bonchev–Trinajstić information content (AvgIpc) is 2.58. The normalized spacial score (nSPS) is 58.1. The molecule has 0 nitrogen and oxygen atoms in total. The van der Waals surface area contributed by atoms with Gasteiger partial charge in [0.1, 0.15) is 0 Å². The summed E-state index contributed by atoms with van der Waals surface area (Å²) in [5.41, 5.74) is 1.95. The molecule has 0 saturated heterocycles. The molecule has 3 fully saturated rings. The van der Waals surface area contributed by atoms with Crippen molar-refractivity contribution in [2.24, 2.45) is 45.3 Å². The highest BCUT2D eigenvalue weighted by atomic mass is 14.8. The lowest BCUT2D eigenvalue weighted by Gasteiger charge is -2.70. The second-order valence-electron chi connectivity index (χ2n) is 9.66. The Balaban J connectivity index is 2.75. The Bertz CT molecular complexity index is 426. The largest absolute Gasteiger partial charge is 0.0651 e. The molecule has 0 heteroatoms. The van der Waals surface area contributed by atoms with Gasteiger partial charge in [-0.2, -0.15) is 0 Å². The van der Waals surface area contributed by atoms with Crippen molar-refractivity contribution in [3.8, 4) is 0 Å². The van der Waals surface area contributed by atoms with E-state index in [0.29, 0.717) is 21.7 Å². The van der Waals surface area contributed by atoms with Crippen LogP contribution in [0.15, 0.2) is 0 Å². The summed E-state index contributed by atoms with van der Waals surface area (Å²) in [5, 5.41) is 0. The number of hydrogen-bond donors (Lipinski definition) is 0. The third-order valence-corrected chi connectivity index (χ3v) is 10.4. The molecule has 8 atom stereocenters. The van der Waals surface area contributed by atoms with Crippen LogP contribution in [0.1, 0.15) is 94.9 Å². The highest BCUT2D eigenvalue weighted by molar-refractivity contribution is 5.22. The van der Waals surface area contributed by atoms with Gasteiger partial charge in [-0.25, -0.2) is 0 Å². The average molecular weight is 307 g/mol. The zero-order valence-electron chi connectivity index (χ0n) is 17.1. The maximum absolute atomic E-state index is 2.66. The predicted octanol–water partition coefficient (Wildman–Crippen LogP) is 7.18. The molecular weight excluding hydrogens is 264 g/mol. The Hall–Kier alpha value is 0. The van der Waals surface area contributed by atoms with Gasteiger partial charge in [0.15, 0.2) is 0 Å². The summed E-state index contributed by atoms with van der Waals surface area (Å²) in [6.07, 6.45) is 5.35. The topological polar surface area (TPSA) is 0 Å². The molecule has 0 amide bonds. The van der Waals surface area contributed by atoms with E-state index < -0.39 is 0 Å². The maximum Gasteiger partial charge on any atom is -0.0207 e. The van der Waals surface area contributed by atoms with Gasteiger partial charge in [0, 0.05) is 0 Å². The van der Waals surface area contributed by atoms with Crippen molar-refractivity contribution >= 4 is 0 Å². The van der Waals surface area contributed by atoms with Gasteiger partial charge in [-0.3, -0.25) is 0 Å². The van der Waals surface area contributed by atoms with Crippen molar-refractivity contribution in [1.29, 1.82) is 0 Å². The third-order valence-electron chi connectivity index (χ3n) is 10.4. The minimum atomic E-state index is 0.459. The molecular formula is C22H42. The molecule has 3 aliphatic rings. The molecule has 3 rings (SSSR count). The summed E-state index contributed by atoms with van der Waals surface area (Å²) in [6, 6.07) is 0. The molecule has 0 radical (unpaired) electrons. The predicted molar refractivity (Wildman–Crippen MR) is 98.9 cm³/mol. The first-order chi connectivity index (χ1) is 10.1. The second kappa shape index (κ2) is 5.25. The van der Waals surface area contributed by atoms with Crippen LogP contribution in [0.2, 0.25) is 0 Å². The maximum atomic E-state index is 2.66. The Morgan fingerprint density at radius 2 is 1.09 bits per heavy atom. The van der Waals surface area contributed by atoms with Crippen LogP contribution in [0.4, 0.5) is 0 Å². The fraction of sp³-hybridized carbons (Fsp3) is 1.00. The lowest BCUT2D eigenvalue weighted by Crippen LogP contribution is -2.65. The van der Waals surface area contributed by atoms with Gasteiger partial charge in [0.25, 0.3) is 0 Å². The minimum absolute atomic E-state index is 0.459. The van der Waals surface area contributed by atoms with E-state index in [1.807, 2.05) is 0 Å². The number of hydrogen-bond acceptors (Lipinski definition) is 0. The summed E-state index contributed by atoms with van der Waals surface area (Å²) >= 11 is 0. The molecule has 0 aromatic carbocycles. The molecule has 3 saturated carbocycles. The molecule has 22 heavy (non-hydrogen) atoms. The van der Waals surface area contributed by atoms with E-state index in [-0.39, 0.29) is 0 Å². The van der Waals surface area contributed by atoms with Crippen molar-refractivity contribution in [1.82, 2.24) is 0 Å². The Morgan fingerprint density at radius 1 is 0.636 bits per heavy atom. The summed E-state index contributed by atoms with van der Waals surface area (Å²) < 4.78 is 0. The third kappa shape index (κ3) is 1.61. The first-order valence-corrected chi connectivity index (χ1v) is 10.1. The molecule has 130 valence electrons. The zero-order valence-corrected chi connectivity index (χ0v) is 17.1. The van der Waals surface area contributed by atoms with E-state index in [9.17, 15) is 0 Å². The Morgan fingerprint density at radius 3 is 1.45 bits per heavy atom. The van der Waals surface area contributed by atoms with Crippen molar-refractivity contribution in [3.05, 3.63) is 0 Å². The molecule has 0 aliphatic heterocycles. The minimum Gasteiger partial charge on any atom is -0.0651 e. The quantitative estimate of drug-likeness (QED) is 0.516. The van der Waals surface area contributed by atoms with Gasteiger partial charge in [-0.1, -0.05) is 75.7 Å². The highest BCUT2D eigenvalue weighted by Crippen LogP contribution is 2.80. The van der Waals surface area contributed by atoms with Crippen molar-refractivity contribution in [2.45, 2.75) is 94.9 Å². The molecule has 3 aliphatic carbocycles. The molecule has 0 heterocycles. The van der Waals surface area contributed by atoms with Crippen LogP contribution in [0.25, 0.3) is 0 Å². The van der Waals surface area contributed by atoms with Gasteiger partial charge in [0.05, 0.1) is 0 Å². The van der Waals surface area contributed by atoms with Gasteiger partial charge in [-0.05, 0) is 64.6 Å². The lowest BCUT2D eigenvalue weighted by molar-refractivity contribution is -0.229.